The van der Waals surface area contributed by atoms with E-state index in [1.54, 1.807) is 35.1 Å². The second-order valence-corrected chi connectivity index (χ2v) is 8.76. The Kier molecular flexibility index (Phi) is 6.79. The van der Waals surface area contributed by atoms with Gasteiger partial charge >= 0.3 is 0 Å². The van der Waals surface area contributed by atoms with Crippen molar-refractivity contribution in [2.45, 2.75) is 13.3 Å². The summed E-state index contributed by atoms with van der Waals surface area (Å²) in [5.74, 6) is 1.29. The number of hydrogen-bond donors (Lipinski definition) is 0. The van der Waals surface area contributed by atoms with Crippen LogP contribution in [0.2, 0.25) is 0 Å². The minimum atomic E-state index is -0.0766. The molecule has 0 aliphatic rings. The molecule has 2 aromatic heterocycles. The number of carbonyl (C=O) groups is 1. The molecule has 170 valence electrons. The molecule has 7 heteroatoms. The molecule has 0 bridgehead atoms. The Balaban J connectivity index is 1.59. The van der Waals surface area contributed by atoms with Crippen molar-refractivity contribution in [1.82, 2.24) is 14.7 Å². The Morgan fingerprint density at radius 2 is 1.85 bits per heavy atom. The number of ether oxygens (including phenoxy) is 2. The Morgan fingerprint density at radius 3 is 2.55 bits per heavy atom. The van der Waals surface area contributed by atoms with Gasteiger partial charge in [-0.1, -0.05) is 24.3 Å². The van der Waals surface area contributed by atoms with Crippen LogP contribution in [0.1, 0.15) is 21.6 Å². The number of thiophene rings is 1. The molecule has 0 aliphatic heterocycles. The zero-order valence-corrected chi connectivity index (χ0v) is 20.1. The highest BCUT2D eigenvalue weighted by Gasteiger charge is 2.21. The molecule has 1 amide bonds. The minimum Gasteiger partial charge on any atom is -0.493 e. The van der Waals surface area contributed by atoms with Crippen molar-refractivity contribution in [1.29, 1.82) is 0 Å². The number of amides is 1. The highest BCUT2D eigenvalue weighted by atomic mass is 32.1. The van der Waals surface area contributed by atoms with Crippen LogP contribution in [0.5, 0.6) is 11.5 Å². The Bertz CT molecular complexity index is 1250. The summed E-state index contributed by atoms with van der Waals surface area (Å²) < 4.78 is 12.5. The van der Waals surface area contributed by atoms with Crippen LogP contribution in [0.4, 0.5) is 0 Å². The summed E-state index contributed by atoms with van der Waals surface area (Å²) in [5.41, 5.74) is 4.39. The quantitative estimate of drug-likeness (QED) is 0.360. The van der Waals surface area contributed by atoms with Gasteiger partial charge in [-0.25, -0.2) is 4.68 Å². The third-order valence-corrected chi connectivity index (χ3v) is 6.37. The fourth-order valence-corrected chi connectivity index (χ4v) is 4.35. The lowest BCUT2D eigenvalue weighted by Crippen LogP contribution is -2.30. The number of rotatable bonds is 8. The van der Waals surface area contributed by atoms with Gasteiger partial charge in [0.15, 0.2) is 11.5 Å². The lowest BCUT2D eigenvalue weighted by molar-refractivity contribution is 0.0787. The monoisotopic (exact) mass is 461 g/mol. The van der Waals surface area contributed by atoms with Crippen LogP contribution in [0.15, 0.2) is 66.0 Å². The SMILES string of the molecule is COc1ccc(CCN(C)C(=O)c2cc(-c3cccs3)nn2-c2cccc(C)c2)cc1OC. The van der Waals surface area contributed by atoms with Gasteiger partial charge in [0.2, 0.25) is 0 Å². The van der Waals surface area contributed by atoms with Crippen LogP contribution < -0.4 is 9.47 Å². The average molecular weight is 462 g/mol. The minimum absolute atomic E-state index is 0.0766. The maximum Gasteiger partial charge on any atom is 0.272 e. The largest absolute Gasteiger partial charge is 0.493 e. The first kappa shape index (κ1) is 22.6. The standard InChI is InChI=1S/C26H27N3O3S/c1-18-7-5-8-20(15-18)29-22(17-21(27-29)25-9-6-14-33-25)26(30)28(2)13-12-19-10-11-23(31-3)24(16-19)32-4/h5-11,14-17H,12-13H2,1-4H3. The molecule has 4 aromatic rings. The fourth-order valence-electron chi connectivity index (χ4n) is 3.66. The summed E-state index contributed by atoms with van der Waals surface area (Å²) in [6.07, 6.45) is 0.693. The zero-order chi connectivity index (χ0) is 23.4. The molecule has 0 N–H and O–H groups in total. The Morgan fingerprint density at radius 1 is 1.03 bits per heavy atom. The van der Waals surface area contributed by atoms with Crippen LogP contribution in [0.3, 0.4) is 0 Å². The number of aryl methyl sites for hydroxylation is 1. The van der Waals surface area contributed by atoms with E-state index in [0.717, 1.165) is 27.4 Å². The molecule has 0 radical (unpaired) electrons. The third kappa shape index (κ3) is 4.93. The van der Waals surface area contributed by atoms with Gasteiger partial charge in [0.25, 0.3) is 5.91 Å². The highest BCUT2D eigenvalue weighted by molar-refractivity contribution is 7.13. The third-order valence-electron chi connectivity index (χ3n) is 5.48. The lowest BCUT2D eigenvalue weighted by atomic mass is 10.1. The van der Waals surface area contributed by atoms with Crippen molar-refractivity contribution >= 4 is 17.2 Å². The molecule has 0 saturated heterocycles. The van der Waals surface area contributed by atoms with Crippen molar-refractivity contribution in [3.05, 3.63) is 82.9 Å². The molecule has 0 fully saturated rings. The molecule has 0 aliphatic carbocycles. The zero-order valence-electron chi connectivity index (χ0n) is 19.2. The average Bonchev–Trinajstić information content (AvgIpc) is 3.52. The van der Waals surface area contributed by atoms with Gasteiger partial charge < -0.3 is 14.4 Å². The molecule has 33 heavy (non-hydrogen) atoms. The second-order valence-electron chi connectivity index (χ2n) is 7.81. The highest BCUT2D eigenvalue weighted by Crippen LogP contribution is 2.28. The van der Waals surface area contributed by atoms with E-state index in [9.17, 15) is 4.79 Å². The van der Waals surface area contributed by atoms with Crippen molar-refractivity contribution in [3.8, 4) is 27.8 Å². The molecule has 6 nitrogen and oxygen atoms in total. The first-order valence-corrected chi connectivity index (χ1v) is 11.6. The van der Waals surface area contributed by atoms with Crippen LogP contribution >= 0.6 is 11.3 Å². The maximum absolute atomic E-state index is 13.5. The predicted molar refractivity (Wildman–Crippen MR) is 132 cm³/mol. The van der Waals surface area contributed by atoms with E-state index in [0.29, 0.717) is 30.2 Å². The molecule has 2 heterocycles. The van der Waals surface area contributed by atoms with Crippen LogP contribution in [0, 0.1) is 6.92 Å². The first-order chi connectivity index (χ1) is 16.0. The van der Waals surface area contributed by atoms with Gasteiger partial charge in [-0.3, -0.25) is 4.79 Å². The van der Waals surface area contributed by atoms with E-state index < -0.39 is 0 Å². The molecule has 2 aromatic carbocycles. The molecule has 0 atom stereocenters. The van der Waals surface area contributed by atoms with Gasteiger partial charge in [-0.05, 0) is 66.2 Å². The number of hydrogen-bond acceptors (Lipinski definition) is 5. The van der Waals surface area contributed by atoms with Crippen molar-refractivity contribution in [2.24, 2.45) is 0 Å². The van der Waals surface area contributed by atoms with Crippen molar-refractivity contribution in [3.63, 3.8) is 0 Å². The number of methoxy groups -OCH3 is 2. The summed E-state index contributed by atoms with van der Waals surface area (Å²) in [7, 11) is 5.06. The van der Waals surface area contributed by atoms with Gasteiger partial charge in [-0.15, -0.1) is 11.3 Å². The molecule has 0 spiro atoms. The van der Waals surface area contributed by atoms with Crippen molar-refractivity contribution < 1.29 is 14.3 Å². The number of carbonyl (C=O) groups excluding carboxylic acids is 1. The lowest BCUT2D eigenvalue weighted by Gasteiger charge is -2.18. The topological polar surface area (TPSA) is 56.6 Å². The molecule has 4 rings (SSSR count). The van der Waals surface area contributed by atoms with E-state index in [1.807, 2.05) is 80.0 Å². The summed E-state index contributed by atoms with van der Waals surface area (Å²) in [6.45, 7) is 2.59. The van der Waals surface area contributed by atoms with E-state index in [-0.39, 0.29) is 5.91 Å². The summed E-state index contributed by atoms with van der Waals surface area (Å²) in [6, 6.07) is 19.7. The van der Waals surface area contributed by atoms with E-state index in [1.165, 1.54) is 0 Å². The summed E-state index contributed by atoms with van der Waals surface area (Å²) in [5, 5.41) is 6.79. The van der Waals surface area contributed by atoms with E-state index in [4.69, 9.17) is 14.6 Å². The maximum atomic E-state index is 13.5. The fraction of sp³-hybridized carbons (Fsp3) is 0.231. The molecule has 0 saturated carbocycles. The van der Waals surface area contributed by atoms with Crippen molar-refractivity contribution in [2.75, 3.05) is 27.8 Å². The first-order valence-electron chi connectivity index (χ1n) is 10.7. The van der Waals surface area contributed by atoms with Crippen LogP contribution in [0.25, 0.3) is 16.3 Å². The Hall–Kier alpha value is -3.58. The van der Waals surface area contributed by atoms with Gasteiger partial charge in [0.1, 0.15) is 11.4 Å². The number of nitrogens with zero attached hydrogens (tertiary/aromatic N) is 3. The molecular weight excluding hydrogens is 434 g/mol. The normalized spacial score (nSPS) is 10.8. The number of aromatic nitrogens is 2. The van der Waals surface area contributed by atoms with Gasteiger partial charge in [0, 0.05) is 13.6 Å². The Labute approximate surface area is 198 Å². The summed E-state index contributed by atoms with van der Waals surface area (Å²) >= 11 is 1.61. The molecule has 0 unspecified atom stereocenters. The number of benzene rings is 2. The van der Waals surface area contributed by atoms with Crippen LogP contribution in [-0.4, -0.2) is 48.4 Å². The van der Waals surface area contributed by atoms with E-state index >= 15 is 0 Å². The molecular formula is C26H27N3O3S. The van der Waals surface area contributed by atoms with E-state index in [2.05, 4.69) is 0 Å². The van der Waals surface area contributed by atoms with Crippen LogP contribution in [-0.2, 0) is 6.42 Å². The van der Waals surface area contributed by atoms with Gasteiger partial charge in [0.05, 0.1) is 24.8 Å². The second kappa shape index (κ2) is 9.92. The van der Waals surface area contributed by atoms with Gasteiger partial charge in [-0.2, -0.15) is 5.10 Å². The number of likely N-dealkylation sites (N-methyl/N-ethyl adjacent to an activating group) is 1. The summed E-state index contributed by atoms with van der Waals surface area (Å²) in [4.78, 5) is 16.2. The predicted octanol–water partition coefficient (Wildman–Crippen LogP) is 5.24. The smallest absolute Gasteiger partial charge is 0.272 e.